The highest BCUT2D eigenvalue weighted by molar-refractivity contribution is 5.95. The van der Waals surface area contributed by atoms with Crippen molar-refractivity contribution in [3.63, 3.8) is 0 Å². The van der Waals surface area contributed by atoms with Crippen molar-refractivity contribution < 1.29 is 66.2 Å². The first-order chi connectivity index (χ1) is 22.7. The van der Waals surface area contributed by atoms with E-state index in [4.69, 9.17) is 18.9 Å². The number of aliphatic hydroxyl groups is 2. The predicted molar refractivity (Wildman–Crippen MR) is 162 cm³/mol. The Morgan fingerprint density at radius 3 is 2.33 bits per heavy atom. The molecule has 1 aromatic carbocycles. The minimum atomic E-state index is -5.05. The molecule has 3 saturated carbocycles. The monoisotopic (exact) mass is 694 g/mol. The molecule has 0 unspecified atom stereocenters. The van der Waals surface area contributed by atoms with Crippen LogP contribution in [0.4, 0.5) is 13.2 Å². The molecule has 5 aliphatic rings. The van der Waals surface area contributed by atoms with E-state index in [0.29, 0.717) is 18.4 Å². The minimum absolute atomic E-state index is 0.162. The first kappa shape index (κ1) is 35.3. The average Bonchev–Trinajstić information content (AvgIpc) is 3.84. The number of fused-ring (bicyclic) bond motifs is 5. The Hall–Kier alpha value is -3.49. The van der Waals surface area contributed by atoms with Crippen LogP contribution in [-0.2, 0) is 33.3 Å². The summed E-state index contributed by atoms with van der Waals surface area (Å²) in [6, 6.07) is 4.20. The molecule has 1 saturated heterocycles. The summed E-state index contributed by atoms with van der Waals surface area (Å²) in [5, 5.41) is 24.6. The molecule has 1 heterocycles. The van der Waals surface area contributed by atoms with Crippen molar-refractivity contribution in [1.82, 2.24) is 0 Å². The summed E-state index contributed by atoms with van der Waals surface area (Å²) in [5.41, 5.74) is -6.88. The second-order valence-corrected chi connectivity index (χ2v) is 15.0. The van der Waals surface area contributed by atoms with Crippen LogP contribution in [0.3, 0.4) is 0 Å². The van der Waals surface area contributed by atoms with E-state index in [9.17, 15) is 37.8 Å². The van der Waals surface area contributed by atoms with E-state index in [1.165, 1.54) is 13.0 Å². The third-order valence-corrected chi connectivity index (χ3v) is 11.8. The fourth-order valence-corrected chi connectivity index (χ4v) is 8.81. The molecular weight excluding hydrogens is 653 g/mol. The van der Waals surface area contributed by atoms with Gasteiger partial charge in [-0.25, -0.2) is 4.79 Å². The lowest BCUT2D eigenvalue weighted by molar-refractivity contribution is -0.340. The number of hydrogen-bond acceptors (Lipinski definition) is 11. The van der Waals surface area contributed by atoms with Gasteiger partial charge in [0.15, 0.2) is 17.5 Å². The van der Waals surface area contributed by atoms with E-state index >= 15 is 4.79 Å². The van der Waals surface area contributed by atoms with Crippen LogP contribution in [0.25, 0.3) is 0 Å². The van der Waals surface area contributed by atoms with Crippen molar-refractivity contribution in [2.45, 2.75) is 109 Å². The number of rotatable bonds is 6. The molecule has 0 spiro atoms. The highest BCUT2D eigenvalue weighted by Gasteiger charge is 2.77. The van der Waals surface area contributed by atoms with E-state index in [2.05, 4.69) is 4.74 Å². The Balaban J connectivity index is 1.58. The first-order valence-corrected chi connectivity index (χ1v) is 16.4. The summed E-state index contributed by atoms with van der Waals surface area (Å²) < 4.78 is 67.3. The van der Waals surface area contributed by atoms with E-state index in [0.717, 1.165) is 18.2 Å². The van der Waals surface area contributed by atoms with Crippen molar-refractivity contribution in [3.05, 3.63) is 41.0 Å². The lowest BCUT2D eigenvalue weighted by atomic mass is 9.43. The summed E-state index contributed by atoms with van der Waals surface area (Å²) in [4.78, 5) is 55.3. The fraction of sp³-hybridized carbons (Fsp3) is 0.657. The highest BCUT2D eigenvalue weighted by Crippen LogP contribution is 2.65. The Bertz CT molecular complexity index is 1620. The van der Waals surface area contributed by atoms with Crippen molar-refractivity contribution in [2.75, 3.05) is 6.61 Å². The van der Waals surface area contributed by atoms with E-state index in [1.807, 2.05) is 0 Å². The summed E-state index contributed by atoms with van der Waals surface area (Å²) in [5.74, 6) is -6.08. The lowest BCUT2D eigenvalue weighted by Gasteiger charge is -2.68. The van der Waals surface area contributed by atoms with Gasteiger partial charge in [-0.1, -0.05) is 33.8 Å². The predicted octanol–water partition coefficient (Wildman–Crippen LogP) is 4.22. The van der Waals surface area contributed by atoms with Gasteiger partial charge in [0, 0.05) is 24.2 Å². The molecule has 0 amide bonds. The lowest BCUT2D eigenvalue weighted by Crippen LogP contribution is -2.80. The van der Waals surface area contributed by atoms with Gasteiger partial charge in [-0.3, -0.25) is 14.4 Å². The molecule has 2 N–H and O–H groups in total. The van der Waals surface area contributed by atoms with Crippen molar-refractivity contribution in [2.24, 2.45) is 28.6 Å². The SMILES string of the molecule is CC(=O)O[C@@]12CO[C@@H]1C[C@H](C)[C@@]1(C)C(=O)[C@H](OC(=O)C3CC3)C3=C(C)[C@@H](O)C[C@@](O)([C@@H](OC(=O)c4cccc(OC(F)(F)F)c4)[C@H]21)C3(C)C. The van der Waals surface area contributed by atoms with Gasteiger partial charge in [0.2, 0.25) is 0 Å². The Kier molecular flexibility index (Phi) is 8.31. The van der Waals surface area contributed by atoms with Gasteiger partial charge in [-0.15, -0.1) is 13.2 Å². The zero-order valence-corrected chi connectivity index (χ0v) is 28.1. The quantitative estimate of drug-likeness (QED) is 0.250. The Morgan fingerprint density at radius 2 is 1.76 bits per heavy atom. The van der Waals surface area contributed by atoms with Crippen molar-refractivity contribution in [3.8, 4) is 5.75 Å². The van der Waals surface area contributed by atoms with Gasteiger partial charge in [0.1, 0.15) is 23.6 Å². The summed E-state index contributed by atoms with van der Waals surface area (Å²) in [6.07, 6.45) is -9.50. The third-order valence-electron chi connectivity index (χ3n) is 11.8. The second-order valence-electron chi connectivity index (χ2n) is 15.0. The maximum absolute atomic E-state index is 15.3. The molecule has 1 aromatic rings. The van der Waals surface area contributed by atoms with Crippen LogP contribution >= 0.6 is 0 Å². The summed E-state index contributed by atoms with van der Waals surface area (Å²) >= 11 is 0. The van der Waals surface area contributed by atoms with Crippen LogP contribution in [0.15, 0.2) is 35.4 Å². The zero-order valence-electron chi connectivity index (χ0n) is 28.1. The van der Waals surface area contributed by atoms with Gasteiger partial charge in [0.25, 0.3) is 0 Å². The maximum Gasteiger partial charge on any atom is 0.573 e. The van der Waals surface area contributed by atoms with E-state index in [-0.39, 0.29) is 24.2 Å². The molecule has 1 aliphatic heterocycles. The molecule has 4 fully saturated rings. The number of ether oxygens (including phenoxy) is 5. The molecule has 11 nitrogen and oxygen atoms in total. The first-order valence-electron chi connectivity index (χ1n) is 16.4. The van der Waals surface area contributed by atoms with Crippen LogP contribution in [0.2, 0.25) is 0 Å². The van der Waals surface area contributed by atoms with E-state index < -0.39 is 106 Å². The van der Waals surface area contributed by atoms with Gasteiger partial charge >= 0.3 is 24.3 Å². The topological polar surface area (TPSA) is 155 Å². The van der Waals surface area contributed by atoms with Gasteiger partial charge in [0.05, 0.1) is 30.1 Å². The third kappa shape index (κ3) is 5.45. The van der Waals surface area contributed by atoms with Crippen LogP contribution in [0.1, 0.15) is 77.6 Å². The van der Waals surface area contributed by atoms with E-state index in [1.54, 1.807) is 34.6 Å². The minimum Gasteiger partial charge on any atom is -0.455 e. The number of aliphatic hydroxyl groups excluding tert-OH is 1. The average molecular weight is 695 g/mol. The van der Waals surface area contributed by atoms with Crippen molar-refractivity contribution >= 4 is 23.7 Å². The fourth-order valence-electron chi connectivity index (χ4n) is 8.81. The Labute approximate surface area is 281 Å². The highest BCUT2D eigenvalue weighted by atomic mass is 19.4. The molecule has 9 atom stereocenters. The molecule has 0 radical (unpaired) electrons. The number of halogens is 3. The molecular formula is C35H41F3O11. The number of alkyl halides is 3. The smallest absolute Gasteiger partial charge is 0.455 e. The molecule has 4 aliphatic carbocycles. The van der Waals surface area contributed by atoms with Crippen LogP contribution in [0, 0.1) is 28.6 Å². The zero-order chi connectivity index (χ0) is 36.1. The molecule has 6 rings (SSSR count). The van der Waals surface area contributed by atoms with Crippen molar-refractivity contribution in [1.29, 1.82) is 0 Å². The number of carbonyl (C=O) groups excluding carboxylic acids is 4. The van der Waals surface area contributed by atoms with Gasteiger partial charge in [-0.05, 0) is 61.4 Å². The number of benzene rings is 1. The molecule has 2 bridgehead atoms. The second kappa shape index (κ2) is 11.5. The number of carbonyl (C=O) groups is 4. The van der Waals surface area contributed by atoms with Gasteiger partial charge < -0.3 is 33.9 Å². The summed E-state index contributed by atoms with van der Waals surface area (Å²) in [7, 11) is 0. The normalized spacial score (nSPS) is 38.1. The number of Topliss-reactive ketones (excluding diaryl/α,β-unsaturated/α-hetero) is 1. The molecule has 14 heteroatoms. The largest absolute Gasteiger partial charge is 0.573 e. The maximum atomic E-state index is 15.3. The summed E-state index contributed by atoms with van der Waals surface area (Å²) in [6.45, 7) is 9.07. The molecule has 268 valence electrons. The van der Waals surface area contributed by atoms with Crippen LogP contribution < -0.4 is 4.74 Å². The van der Waals surface area contributed by atoms with Crippen LogP contribution in [0.5, 0.6) is 5.75 Å². The van der Waals surface area contributed by atoms with Crippen LogP contribution in [-0.4, -0.2) is 82.5 Å². The van der Waals surface area contributed by atoms with Gasteiger partial charge in [-0.2, -0.15) is 0 Å². The molecule has 0 aromatic heterocycles. The Morgan fingerprint density at radius 1 is 1.08 bits per heavy atom. The number of ketones is 1. The number of esters is 3. The number of hydrogen-bond donors (Lipinski definition) is 2. The standard InChI is InChI=1S/C35H41F3O11/c1-16-12-23-33(15-45-23,48-18(3)39)26-28(47-30(43)20-8-7-9-21(13-20)49-35(36,37)38)34(44)14-22(40)17(2)24(31(34,4)5)25(27(41)32(16,26)6)46-29(42)19-10-11-19/h7-9,13,16,19,22-23,25-26,28,40,44H,10-12,14-15H2,1-6H3/t16-,22-,23+,25+,26-,28-,32+,33-,34+/m0/s1. The molecule has 49 heavy (non-hydrogen) atoms.